The Kier molecular flexibility index (Phi) is 3500. The minimum atomic E-state index is 0. The van der Waals surface area contributed by atoms with Crippen molar-refractivity contribution < 1.29 is 54.8 Å². The normalized spacial score (nSPS) is 0.750. The molecule has 0 spiro atoms. The zero-order valence-corrected chi connectivity index (χ0v) is 6.47. The van der Waals surface area contributed by atoms with Gasteiger partial charge in [-0.1, -0.05) is 0 Å². The van der Waals surface area contributed by atoms with Crippen LogP contribution in [0.15, 0.2) is 6.58 Å². The summed E-state index contributed by atoms with van der Waals surface area (Å²) < 4.78 is 0. The van der Waals surface area contributed by atoms with Gasteiger partial charge >= 0.3 is 54.8 Å². The SMILES string of the molecule is [C-]#N.[CH-]=C.[CH3-].[Cu+].[Li+].[Li+]. The van der Waals surface area contributed by atoms with Gasteiger partial charge in [0.2, 0.25) is 0 Å². The molecule has 0 atom stereocenters. The Bertz CT molecular complexity index is 25.2. The molecule has 0 aromatic carbocycles. The van der Waals surface area contributed by atoms with E-state index in [9.17, 15) is 0 Å². The van der Waals surface area contributed by atoms with Crippen molar-refractivity contribution in [2.45, 2.75) is 0 Å². The van der Waals surface area contributed by atoms with Crippen LogP contribution in [0.5, 0.6) is 0 Å². The standard InChI is InChI=1S/C2H3.CN.CH3.Cu.2Li/c2*1-2;;;;/h1H,2H2;;1H3;;;/q3*-1;3*+1. The number of rotatable bonds is 0. The summed E-state index contributed by atoms with van der Waals surface area (Å²) in [5, 5.41) is 6.25. The van der Waals surface area contributed by atoms with Crippen LogP contribution in [0.3, 0.4) is 0 Å². The Morgan fingerprint density at radius 1 is 1.12 bits per heavy atom. The molecule has 0 N–H and O–H groups in total. The molecule has 0 aromatic rings. The van der Waals surface area contributed by atoms with Gasteiger partial charge in [-0.2, -0.15) is 0 Å². The Morgan fingerprint density at radius 2 is 1.12 bits per heavy atom. The van der Waals surface area contributed by atoms with Crippen molar-refractivity contribution >= 4 is 0 Å². The van der Waals surface area contributed by atoms with Gasteiger partial charge in [-0.15, -0.1) is 0 Å². The first-order valence-electron chi connectivity index (χ1n) is 0.632. The van der Waals surface area contributed by atoms with Gasteiger partial charge in [-0.25, -0.2) is 0 Å². The molecule has 40 valence electrons. The van der Waals surface area contributed by atoms with Crippen molar-refractivity contribution in [3.8, 4) is 0 Å². The largest absolute Gasteiger partial charge is 1.00 e. The molecule has 0 rings (SSSR count). The molecule has 4 heteroatoms. The molecule has 0 unspecified atom stereocenters. The third kappa shape index (κ3) is 275. The molecule has 0 aromatic heterocycles. The van der Waals surface area contributed by atoms with E-state index in [0.717, 1.165) is 0 Å². The molecule has 0 heterocycles. The van der Waals surface area contributed by atoms with E-state index in [1.165, 1.54) is 0 Å². The summed E-state index contributed by atoms with van der Waals surface area (Å²) >= 11 is 0. The molecule has 0 saturated carbocycles. The van der Waals surface area contributed by atoms with E-state index in [1.807, 2.05) is 0 Å². The molecule has 0 aliphatic heterocycles. The van der Waals surface area contributed by atoms with E-state index in [4.69, 9.17) is 11.8 Å². The maximum absolute atomic E-state index is 6.25. The fourth-order valence-corrected chi connectivity index (χ4v) is 0. The summed E-state index contributed by atoms with van der Waals surface area (Å²) in [4.78, 5) is 0. The third-order valence-corrected chi connectivity index (χ3v) is 0. The molecule has 0 aliphatic rings. The van der Waals surface area contributed by atoms with Crippen molar-refractivity contribution in [1.29, 1.82) is 5.26 Å². The van der Waals surface area contributed by atoms with Crippen LogP contribution < -0.4 is 37.7 Å². The maximum atomic E-state index is 6.25. The van der Waals surface area contributed by atoms with Crippen LogP contribution >= 0.6 is 0 Å². The van der Waals surface area contributed by atoms with Crippen LogP contribution in [-0.2, 0) is 17.1 Å². The quantitative estimate of drug-likeness (QED) is 0.248. The zero-order chi connectivity index (χ0) is 4.00. The molecular formula is C4H6CuLi2N. The van der Waals surface area contributed by atoms with Crippen LogP contribution in [-0.4, -0.2) is 0 Å². The fraction of sp³-hybridized carbons (Fsp3) is 0. The molecule has 0 saturated heterocycles. The first-order chi connectivity index (χ1) is 2.00. The summed E-state index contributed by atoms with van der Waals surface area (Å²) in [6, 6.07) is 0. The van der Waals surface area contributed by atoms with Crippen LogP contribution in [0.1, 0.15) is 0 Å². The first-order valence-corrected chi connectivity index (χ1v) is 0.632. The van der Waals surface area contributed by atoms with Crippen LogP contribution in [0.4, 0.5) is 0 Å². The summed E-state index contributed by atoms with van der Waals surface area (Å²) in [6.45, 7) is 11.8. The van der Waals surface area contributed by atoms with E-state index < -0.39 is 0 Å². The Balaban J connectivity index is -0.00000000167. The zero-order valence-electron chi connectivity index (χ0n) is 5.53. The topological polar surface area (TPSA) is 23.8 Å². The van der Waals surface area contributed by atoms with Crippen molar-refractivity contribution in [3.05, 3.63) is 27.2 Å². The van der Waals surface area contributed by atoms with Gasteiger partial charge in [-0.05, 0) is 0 Å². The van der Waals surface area contributed by atoms with Gasteiger partial charge in [0.1, 0.15) is 0 Å². The minimum Gasteiger partial charge on any atom is -0.521 e. The van der Waals surface area contributed by atoms with E-state index in [1.54, 1.807) is 0 Å². The summed E-state index contributed by atoms with van der Waals surface area (Å²) in [5.74, 6) is 0. The van der Waals surface area contributed by atoms with E-state index in [2.05, 4.69) is 13.2 Å². The van der Waals surface area contributed by atoms with Crippen molar-refractivity contribution in [2.24, 2.45) is 0 Å². The Hall–Kier alpha value is 0.944. The molecule has 1 nitrogen and oxygen atoms in total. The molecule has 0 radical (unpaired) electrons. The molecule has 8 heavy (non-hydrogen) atoms. The predicted molar refractivity (Wildman–Crippen MR) is 21.3 cm³/mol. The second kappa shape index (κ2) is 430. The summed E-state index contributed by atoms with van der Waals surface area (Å²) in [7, 11) is 0. The monoisotopic (exact) mass is 145 g/mol. The smallest absolute Gasteiger partial charge is 0.521 e. The molecule has 0 amide bonds. The summed E-state index contributed by atoms with van der Waals surface area (Å²) in [5.41, 5.74) is 0. The number of nitrogens with zero attached hydrogens (tertiary/aromatic N) is 1. The fourth-order valence-electron chi connectivity index (χ4n) is 0. The van der Waals surface area contributed by atoms with Crippen LogP contribution in [0.2, 0.25) is 0 Å². The van der Waals surface area contributed by atoms with Gasteiger partial charge in [0.15, 0.2) is 0 Å². The van der Waals surface area contributed by atoms with Gasteiger partial charge < -0.3 is 25.8 Å². The van der Waals surface area contributed by atoms with Crippen molar-refractivity contribution in [1.82, 2.24) is 0 Å². The van der Waals surface area contributed by atoms with Gasteiger partial charge in [0.25, 0.3) is 0 Å². The summed E-state index contributed by atoms with van der Waals surface area (Å²) in [6.07, 6.45) is 0. The maximum Gasteiger partial charge on any atom is 1.00 e. The van der Waals surface area contributed by atoms with Gasteiger partial charge in [0.05, 0.1) is 0 Å². The first kappa shape index (κ1) is 65.1. The van der Waals surface area contributed by atoms with Gasteiger partial charge in [-0.3, -0.25) is 6.58 Å². The molecular weight excluding hydrogens is 139 g/mol. The Labute approximate surface area is 86.7 Å². The Morgan fingerprint density at radius 3 is 1.12 bits per heavy atom. The van der Waals surface area contributed by atoms with Crippen LogP contribution in [0, 0.1) is 25.8 Å². The molecule has 0 bridgehead atoms. The van der Waals surface area contributed by atoms with Crippen molar-refractivity contribution in [3.63, 3.8) is 0 Å². The molecule has 0 aliphatic carbocycles. The van der Waals surface area contributed by atoms with E-state index in [-0.39, 0.29) is 62.2 Å². The average molecular weight is 146 g/mol. The molecule has 0 fully saturated rings. The third-order valence-electron chi connectivity index (χ3n) is 0. The van der Waals surface area contributed by atoms with Gasteiger partial charge in [0, 0.05) is 0 Å². The second-order valence-corrected chi connectivity index (χ2v) is 0. The number of hydrogen-bond acceptors (Lipinski definition) is 1. The van der Waals surface area contributed by atoms with E-state index in [0.29, 0.717) is 0 Å². The number of hydrogen-bond donors (Lipinski definition) is 0. The second-order valence-electron chi connectivity index (χ2n) is 0. The predicted octanol–water partition coefficient (Wildman–Crippen LogP) is -4.84. The average Bonchev–Trinajstić information content (AvgIpc) is 1.50. The van der Waals surface area contributed by atoms with Crippen LogP contribution in [0.25, 0.3) is 0 Å². The van der Waals surface area contributed by atoms with E-state index >= 15 is 0 Å². The minimum absolute atomic E-state index is 0. The van der Waals surface area contributed by atoms with Crippen molar-refractivity contribution in [2.75, 3.05) is 0 Å².